The molecule has 2 rings (SSSR count). The number of hydroxylamine groups is 1. The van der Waals surface area contributed by atoms with Crippen LogP contribution in [-0.2, 0) is 9.59 Å². The zero-order chi connectivity index (χ0) is 19.3. The maximum absolute atomic E-state index is 12.8. The second-order valence-electron chi connectivity index (χ2n) is 6.80. The molecule has 144 valence electrons. The van der Waals surface area contributed by atoms with Crippen LogP contribution < -0.4 is 10.4 Å². The molecule has 2 amide bonds. The lowest BCUT2D eigenvalue weighted by Crippen LogP contribution is -2.53. The number of nitrogens with zero attached hydrogens (tertiary/aromatic N) is 3. The fourth-order valence-electron chi connectivity index (χ4n) is 3.07. The van der Waals surface area contributed by atoms with Crippen LogP contribution in [0.5, 0.6) is 0 Å². The van der Waals surface area contributed by atoms with Gasteiger partial charge in [0.25, 0.3) is 5.91 Å². The van der Waals surface area contributed by atoms with Crippen molar-refractivity contribution in [1.29, 1.82) is 0 Å². The van der Waals surface area contributed by atoms with Crippen LogP contribution in [0.3, 0.4) is 0 Å². The SMILES string of the molecule is CC(C)C[C@H](C(=O)N1CCN(c2ccc(Br)cn2)CC1)[C@H](O)C(=O)NO. The van der Waals surface area contributed by atoms with E-state index in [1.54, 1.807) is 11.1 Å². The van der Waals surface area contributed by atoms with Crippen LogP contribution in [0.1, 0.15) is 20.3 Å². The lowest BCUT2D eigenvalue weighted by Gasteiger charge is -2.37. The van der Waals surface area contributed by atoms with Crippen molar-refractivity contribution >= 4 is 33.6 Å². The van der Waals surface area contributed by atoms with Crippen LogP contribution >= 0.6 is 15.9 Å². The number of aromatic nitrogens is 1. The van der Waals surface area contributed by atoms with E-state index in [4.69, 9.17) is 5.21 Å². The van der Waals surface area contributed by atoms with Crippen LogP contribution in [0.25, 0.3) is 0 Å². The number of aliphatic hydroxyl groups is 1. The number of nitrogens with one attached hydrogen (secondary N) is 1. The van der Waals surface area contributed by atoms with Crippen LogP contribution in [0.15, 0.2) is 22.8 Å². The lowest BCUT2D eigenvalue weighted by molar-refractivity contribution is -0.151. The average Bonchev–Trinajstić information content (AvgIpc) is 2.65. The van der Waals surface area contributed by atoms with Crippen molar-refractivity contribution in [2.75, 3.05) is 31.1 Å². The van der Waals surface area contributed by atoms with E-state index < -0.39 is 17.9 Å². The number of hydrogen-bond donors (Lipinski definition) is 3. The zero-order valence-corrected chi connectivity index (χ0v) is 16.5. The number of carbonyl (C=O) groups is 2. The summed E-state index contributed by atoms with van der Waals surface area (Å²) in [7, 11) is 0. The van der Waals surface area contributed by atoms with E-state index >= 15 is 0 Å². The highest BCUT2D eigenvalue weighted by Gasteiger charge is 2.36. The smallest absolute Gasteiger partial charge is 0.272 e. The Balaban J connectivity index is 2.01. The van der Waals surface area contributed by atoms with Gasteiger partial charge in [0.2, 0.25) is 5.91 Å². The minimum absolute atomic E-state index is 0.123. The quantitative estimate of drug-likeness (QED) is 0.461. The molecule has 0 bridgehead atoms. The summed E-state index contributed by atoms with van der Waals surface area (Å²) < 4.78 is 0.905. The largest absolute Gasteiger partial charge is 0.382 e. The van der Waals surface area contributed by atoms with E-state index in [-0.39, 0.29) is 11.8 Å². The Morgan fingerprint density at radius 1 is 1.27 bits per heavy atom. The molecule has 26 heavy (non-hydrogen) atoms. The molecule has 2 atom stereocenters. The van der Waals surface area contributed by atoms with E-state index in [0.717, 1.165) is 10.3 Å². The third-order valence-corrected chi connectivity index (χ3v) is 4.90. The molecule has 0 radical (unpaired) electrons. The van der Waals surface area contributed by atoms with E-state index in [9.17, 15) is 14.7 Å². The van der Waals surface area contributed by atoms with Crippen molar-refractivity contribution in [3.8, 4) is 0 Å². The van der Waals surface area contributed by atoms with Gasteiger partial charge in [-0.25, -0.2) is 10.5 Å². The lowest BCUT2D eigenvalue weighted by atomic mass is 9.90. The molecular weight excluding hydrogens is 404 g/mol. The van der Waals surface area contributed by atoms with Gasteiger partial charge < -0.3 is 14.9 Å². The Morgan fingerprint density at radius 2 is 1.92 bits per heavy atom. The maximum Gasteiger partial charge on any atom is 0.272 e. The van der Waals surface area contributed by atoms with E-state index in [0.29, 0.717) is 32.6 Å². The molecule has 3 N–H and O–H groups in total. The molecule has 0 spiro atoms. The predicted molar refractivity (Wildman–Crippen MR) is 99.6 cm³/mol. The van der Waals surface area contributed by atoms with Gasteiger partial charge in [-0.3, -0.25) is 14.8 Å². The minimum Gasteiger partial charge on any atom is -0.382 e. The van der Waals surface area contributed by atoms with Crippen molar-refractivity contribution in [1.82, 2.24) is 15.4 Å². The fraction of sp³-hybridized carbons (Fsp3) is 0.588. The Kier molecular flexibility index (Phi) is 7.36. The van der Waals surface area contributed by atoms with Gasteiger partial charge in [-0.1, -0.05) is 13.8 Å². The van der Waals surface area contributed by atoms with E-state index in [1.165, 1.54) is 5.48 Å². The first-order valence-electron chi connectivity index (χ1n) is 8.60. The Morgan fingerprint density at radius 3 is 2.42 bits per heavy atom. The normalized spacial score (nSPS) is 17.2. The van der Waals surface area contributed by atoms with Gasteiger partial charge in [0.1, 0.15) is 11.9 Å². The van der Waals surface area contributed by atoms with Gasteiger partial charge in [-0.2, -0.15) is 0 Å². The fourth-order valence-corrected chi connectivity index (χ4v) is 3.30. The van der Waals surface area contributed by atoms with Crippen LogP contribution in [-0.4, -0.2) is 64.3 Å². The summed E-state index contributed by atoms with van der Waals surface area (Å²) in [5, 5.41) is 18.9. The Hall–Kier alpha value is -1.71. The minimum atomic E-state index is -1.57. The molecule has 1 aromatic heterocycles. The molecule has 0 saturated carbocycles. The number of pyridine rings is 1. The van der Waals surface area contributed by atoms with Crippen molar-refractivity contribution in [3.05, 3.63) is 22.8 Å². The molecule has 1 aliphatic rings. The Labute approximate surface area is 161 Å². The first kappa shape index (κ1) is 20.6. The van der Waals surface area contributed by atoms with Crippen LogP contribution in [0, 0.1) is 11.8 Å². The molecule has 1 fully saturated rings. The van der Waals surface area contributed by atoms with Crippen LogP contribution in [0.4, 0.5) is 5.82 Å². The van der Waals surface area contributed by atoms with Crippen molar-refractivity contribution in [2.45, 2.75) is 26.4 Å². The van der Waals surface area contributed by atoms with E-state index in [2.05, 4.69) is 25.8 Å². The van der Waals surface area contributed by atoms with Gasteiger partial charge in [0, 0.05) is 36.8 Å². The summed E-state index contributed by atoms with van der Waals surface area (Å²) in [4.78, 5) is 32.5. The average molecular weight is 429 g/mol. The molecule has 0 aliphatic carbocycles. The summed E-state index contributed by atoms with van der Waals surface area (Å²) in [5.41, 5.74) is 1.43. The Bertz CT molecular complexity index is 618. The number of halogens is 1. The van der Waals surface area contributed by atoms with Crippen molar-refractivity contribution < 1.29 is 19.9 Å². The predicted octanol–water partition coefficient (Wildman–Crippen LogP) is 1.02. The molecule has 1 saturated heterocycles. The number of anilines is 1. The summed E-state index contributed by atoms with van der Waals surface area (Å²) in [5.74, 6) is -1.13. The summed E-state index contributed by atoms with van der Waals surface area (Å²) in [6.45, 7) is 6.05. The first-order valence-corrected chi connectivity index (χ1v) is 9.40. The number of hydrogen-bond acceptors (Lipinski definition) is 6. The highest BCUT2D eigenvalue weighted by molar-refractivity contribution is 9.10. The number of aliphatic hydroxyl groups excluding tert-OH is 1. The molecule has 1 aromatic rings. The summed E-state index contributed by atoms with van der Waals surface area (Å²) >= 11 is 3.36. The molecule has 0 aromatic carbocycles. The molecule has 2 heterocycles. The second kappa shape index (κ2) is 9.29. The standard InChI is InChI=1S/C17H25BrN4O4/c1-11(2)9-13(15(23)16(24)20-26)17(25)22-7-5-21(6-8-22)14-4-3-12(18)10-19-14/h3-4,10-11,13,15,23,26H,5-9H2,1-2H3,(H,20,24)/t13-,15-/m0/s1. The van der Waals surface area contributed by atoms with Crippen molar-refractivity contribution in [2.24, 2.45) is 11.8 Å². The number of piperazine rings is 1. The van der Waals surface area contributed by atoms with E-state index in [1.807, 2.05) is 26.0 Å². The first-order chi connectivity index (χ1) is 12.3. The van der Waals surface area contributed by atoms with Crippen LogP contribution in [0.2, 0.25) is 0 Å². The summed E-state index contributed by atoms with van der Waals surface area (Å²) in [6, 6.07) is 3.83. The molecule has 0 unspecified atom stereocenters. The van der Waals surface area contributed by atoms with Gasteiger partial charge in [-0.05, 0) is 40.4 Å². The second-order valence-corrected chi connectivity index (χ2v) is 7.72. The summed E-state index contributed by atoms with van der Waals surface area (Å²) in [6.07, 6.45) is 0.526. The van der Waals surface area contributed by atoms with Gasteiger partial charge in [0.15, 0.2) is 0 Å². The monoisotopic (exact) mass is 428 g/mol. The molecule has 1 aliphatic heterocycles. The third kappa shape index (κ3) is 5.15. The topological polar surface area (TPSA) is 106 Å². The number of amides is 2. The number of rotatable bonds is 6. The van der Waals surface area contributed by atoms with Gasteiger partial charge in [0.05, 0.1) is 5.92 Å². The zero-order valence-electron chi connectivity index (χ0n) is 14.9. The number of carbonyl (C=O) groups excluding carboxylic acids is 2. The molecule has 8 nitrogen and oxygen atoms in total. The maximum atomic E-state index is 12.8. The van der Waals surface area contributed by atoms with Gasteiger partial charge in [-0.15, -0.1) is 0 Å². The molecular formula is C17H25BrN4O4. The third-order valence-electron chi connectivity index (χ3n) is 4.43. The van der Waals surface area contributed by atoms with Gasteiger partial charge >= 0.3 is 0 Å². The van der Waals surface area contributed by atoms with Crippen molar-refractivity contribution in [3.63, 3.8) is 0 Å². The highest BCUT2D eigenvalue weighted by Crippen LogP contribution is 2.22. The highest BCUT2D eigenvalue weighted by atomic mass is 79.9. The molecule has 9 heteroatoms.